The fraction of sp³-hybridized carbons (Fsp3) is 0.412. The van der Waals surface area contributed by atoms with Gasteiger partial charge in [0.2, 0.25) is 5.91 Å². The van der Waals surface area contributed by atoms with E-state index in [9.17, 15) is 9.59 Å². The lowest BCUT2D eigenvalue weighted by Gasteiger charge is -2.22. The molecule has 2 aromatic heterocycles. The number of nitrogens with one attached hydrogen (secondary N) is 2. The second-order valence-corrected chi connectivity index (χ2v) is 6.27. The van der Waals surface area contributed by atoms with Crippen molar-refractivity contribution in [2.24, 2.45) is 0 Å². The summed E-state index contributed by atoms with van der Waals surface area (Å²) in [5.74, 6) is -0.377. The summed E-state index contributed by atoms with van der Waals surface area (Å²) in [5, 5.41) is 9.62. The summed E-state index contributed by atoms with van der Waals surface area (Å²) in [6, 6.07) is 3.26. The van der Waals surface area contributed by atoms with Gasteiger partial charge < -0.3 is 20.1 Å². The first-order valence-electron chi connectivity index (χ1n) is 8.44. The molecule has 0 aromatic carbocycles. The van der Waals surface area contributed by atoms with Crippen molar-refractivity contribution in [1.82, 2.24) is 20.1 Å². The first kappa shape index (κ1) is 19.3. The number of nitrogens with zero attached hydrogens (tertiary/aromatic N) is 3. The van der Waals surface area contributed by atoms with Crippen LogP contribution in [-0.2, 0) is 20.8 Å². The van der Waals surface area contributed by atoms with Crippen LogP contribution in [0.3, 0.4) is 0 Å². The van der Waals surface area contributed by atoms with Crippen molar-refractivity contribution in [3.63, 3.8) is 0 Å². The Labute approximate surface area is 160 Å². The van der Waals surface area contributed by atoms with Gasteiger partial charge in [-0.2, -0.15) is 5.10 Å². The Kier molecular flexibility index (Phi) is 6.38. The Bertz CT molecular complexity index is 839. The van der Waals surface area contributed by atoms with E-state index in [1.54, 1.807) is 19.4 Å². The van der Waals surface area contributed by atoms with Crippen LogP contribution in [0, 0.1) is 0 Å². The molecule has 1 aliphatic heterocycles. The highest BCUT2D eigenvalue weighted by atomic mass is 35.5. The van der Waals surface area contributed by atoms with Crippen LogP contribution < -0.4 is 16.2 Å². The molecule has 144 valence electrons. The second-order valence-electron chi connectivity index (χ2n) is 5.89. The monoisotopic (exact) mass is 393 g/mol. The number of carbonyl (C=O) groups excluding carboxylic acids is 1. The number of rotatable bonds is 7. The van der Waals surface area contributed by atoms with Crippen molar-refractivity contribution in [2.45, 2.75) is 25.3 Å². The van der Waals surface area contributed by atoms with Crippen LogP contribution in [-0.4, -0.2) is 47.2 Å². The smallest absolute Gasteiger partial charge is 0.288 e. The lowest BCUT2D eigenvalue weighted by atomic mass is 10.0. The molecule has 27 heavy (non-hydrogen) atoms. The van der Waals surface area contributed by atoms with E-state index in [1.807, 2.05) is 12.1 Å². The highest BCUT2D eigenvalue weighted by Crippen LogP contribution is 2.22. The molecule has 1 atom stereocenters. The van der Waals surface area contributed by atoms with Crippen LogP contribution in [0.1, 0.15) is 18.0 Å². The Morgan fingerprint density at radius 2 is 2.07 bits per heavy atom. The van der Waals surface area contributed by atoms with E-state index in [0.717, 1.165) is 10.2 Å². The van der Waals surface area contributed by atoms with Gasteiger partial charge in [-0.1, -0.05) is 11.6 Å². The summed E-state index contributed by atoms with van der Waals surface area (Å²) < 4.78 is 12.0. The molecule has 9 nitrogen and oxygen atoms in total. The van der Waals surface area contributed by atoms with E-state index in [0.29, 0.717) is 25.3 Å². The van der Waals surface area contributed by atoms with Crippen molar-refractivity contribution in [3.8, 4) is 0 Å². The Hall–Kier alpha value is -2.49. The lowest BCUT2D eigenvalue weighted by molar-refractivity contribution is -0.123. The number of aromatic nitrogens is 3. The van der Waals surface area contributed by atoms with Crippen molar-refractivity contribution < 1.29 is 14.3 Å². The molecule has 1 amide bonds. The molecule has 1 aliphatic rings. The van der Waals surface area contributed by atoms with Crippen molar-refractivity contribution >= 4 is 23.2 Å². The molecule has 2 aromatic rings. The molecule has 3 rings (SSSR count). The van der Waals surface area contributed by atoms with Gasteiger partial charge >= 0.3 is 0 Å². The minimum atomic E-state index is -0.540. The summed E-state index contributed by atoms with van der Waals surface area (Å²) in [4.78, 5) is 28.7. The number of halogens is 1. The van der Waals surface area contributed by atoms with Gasteiger partial charge in [-0.25, -0.2) is 4.68 Å². The third kappa shape index (κ3) is 4.82. The SMILES string of the molecule is CNc1cnn(CC(=O)NC(CC2OCCO2)c2ccncc2)c(=O)c1Cl. The zero-order chi connectivity index (χ0) is 19.2. The van der Waals surface area contributed by atoms with Crippen LogP contribution in [0.4, 0.5) is 5.69 Å². The van der Waals surface area contributed by atoms with E-state index in [4.69, 9.17) is 21.1 Å². The minimum Gasteiger partial charge on any atom is -0.385 e. The van der Waals surface area contributed by atoms with Gasteiger partial charge in [-0.15, -0.1) is 0 Å². The van der Waals surface area contributed by atoms with Crippen molar-refractivity contribution in [3.05, 3.63) is 51.7 Å². The molecule has 2 N–H and O–H groups in total. The van der Waals surface area contributed by atoms with E-state index in [2.05, 4.69) is 20.7 Å². The number of anilines is 1. The molecule has 0 spiro atoms. The van der Waals surface area contributed by atoms with E-state index in [1.165, 1.54) is 6.20 Å². The maximum Gasteiger partial charge on any atom is 0.288 e. The average molecular weight is 394 g/mol. The first-order valence-corrected chi connectivity index (χ1v) is 8.82. The Morgan fingerprint density at radius 3 is 2.74 bits per heavy atom. The predicted molar refractivity (Wildman–Crippen MR) is 98.5 cm³/mol. The molecule has 1 fully saturated rings. The minimum absolute atomic E-state index is 0.0151. The summed E-state index contributed by atoms with van der Waals surface area (Å²) in [5.41, 5.74) is 0.728. The zero-order valence-electron chi connectivity index (χ0n) is 14.7. The number of ether oxygens (including phenoxy) is 2. The van der Waals surface area contributed by atoms with Gasteiger partial charge in [-0.05, 0) is 17.7 Å². The largest absolute Gasteiger partial charge is 0.385 e. The van der Waals surface area contributed by atoms with Crippen LogP contribution in [0.15, 0.2) is 35.5 Å². The van der Waals surface area contributed by atoms with E-state index < -0.39 is 11.8 Å². The van der Waals surface area contributed by atoms with Crippen LogP contribution >= 0.6 is 11.6 Å². The molecule has 0 bridgehead atoms. The quantitative estimate of drug-likeness (QED) is 0.721. The molecule has 3 heterocycles. The molecular weight excluding hydrogens is 374 g/mol. The molecule has 10 heteroatoms. The van der Waals surface area contributed by atoms with Crippen molar-refractivity contribution in [1.29, 1.82) is 0 Å². The molecular formula is C17H20ClN5O4. The molecule has 1 saturated heterocycles. The highest BCUT2D eigenvalue weighted by molar-refractivity contribution is 6.32. The fourth-order valence-corrected chi connectivity index (χ4v) is 2.98. The summed E-state index contributed by atoms with van der Waals surface area (Å²) >= 11 is 5.99. The van der Waals surface area contributed by atoms with Crippen LogP contribution in [0.2, 0.25) is 5.02 Å². The van der Waals surface area contributed by atoms with Crippen molar-refractivity contribution in [2.75, 3.05) is 25.6 Å². The molecule has 0 aliphatic carbocycles. The maximum absolute atomic E-state index is 12.5. The molecule has 0 saturated carbocycles. The van der Waals surface area contributed by atoms with Gasteiger partial charge in [0.05, 0.1) is 31.1 Å². The summed E-state index contributed by atoms with van der Waals surface area (Å²) in [6.45, 7) is 0.797. The summed E-state index contributed by atoms with van der Waals surface area (Å²) in [7, 11) is 1.63. The third-order valence-corrected chi connectivity index (χ3v) is 4.48. The fourth-order valence-electron chi connectivity index (χ4n) is 2.74. The predicted octanol–water partition coefficient (Wildman–Crippen LogP) is 0.954. The number of hydrogen-bond donors (Lipinski definition) is 2. The van der Waals surface area contributed by atoms with E-state index in [-0.39, 0.29) is 23.5 Å². The zero-order valence-corrected chi connectivity index (χ0v) is 15.5. The van der Waals surface area contributed by atoms with Gasteiger partial charge in [-0.3, -0.25) is 14.6 Å². The third-order valence-electron chi connectivity index (χ3n) is 4.11. The normalized spacial score (nSPS) is 15.5. The average Bonchev–Trinajstić information content (AvgIpc) is 3.19. The van der Waals surface area contributed by atoms with Gasteiger partial charge in [0.1, 0.15) is 11.6 Å². The molecule has 0 radical (unpaired) electrons. The van der Waals surface area contributed by atoms with Gasteiger partial charge in [0, 0.05) is 25.9 Å². The Morgan fingerprint density at radius 1 is 1.37 bits per heavy atom. The highest BCUT2D eigenvalue weighted by Gasteiger charge is 2.24. The van der Waals surface area contributed by atoms with Crippen LogP contribution in [0.5, 0.6) is 0 Å². The topological polar surface area (TPSA) is 107 Å². The number of hydrogen-bond acceptors (Lipinski definition) is 7. The number of carbonyl (C=O) groups is 1. The number of amides is 1. The number of pyridine rings is 1. The van der Waals surface area contributed by atoms with Gasteiger partial charge in [0.15, 0.2) is 6.29 Å². The summed E-state index contributed by atoms with van der Waals surface area (Å²) in [6.07, 6.45) is 4.74. The maximum atomic E-state index is 12.5. The Balaban J connectivity index is 1.72. The molecule has 1 unspecified atom stereocenters. The first-order chi connectivity index (χ1) is 13.1. The van der Waals surface area contributed by atoms with Crippen LogP contribution in [0.25, 0.3) is 0 Å². The standard InChI is InChI=1S/C17H20ClN5O4/c1-19-13-9-21-23(17(25)16(13)18)10-14(24)22-12(8-15-26-6-7-27-15)11-2-4-20-5-3-11/h2-5,9,12,15,19H,6-8,10H2,1H3,(H,22,24). The van der Waals surface area contributed by atoms with Gasteiger partial charge in [0.25, 0.3) is 5.56 Å². The second kappa shape index (κ2) is 8.94. The van der Waals surface area contributed by atoms with E-state index >= 15 is 0 Å². The lowest BCUT2D eigenvalue weighted by Crippen LogP contribution is -2.37.